The fourth-order valence-corrected chi connectivity index (χ4v) is 4.57. The molecule has 0 radical (unpaired) electrons. The van der Waals surface area contributed by atoms with Crippen LogP contribution in [0.5, 0.6) is 5.75 Å². The van der Waals surface area contributed by atoms with Gasteiger partial charge in [-0.2, -0.15) is 0 Å². The van der Waals surface area contributed by atoms with Crippen molar-refractivity contribution in [2.75, 3.05) is 7.11 Å². The lowest BCUT2D eigenvalue weighted by atomic mass is 9.78. The zero-order valence-corrected chi connectivity index (χ0v) is 18.2. The lowest BCUT2D eigenvalue weighted by Crippen LogP contribution is -2.31. The van der Waals surface area contributed by atoms with E-state index in [0.717, 1.165) is 40.9 Å². The molecule has 32 heavy (non-hydrogen) atoms. The predicted molar refractivity (Wildman–Crippen MR) is 117 cm³/mol. The summed E-state index contributed by atoms with van der Waals surface area (Å²) in [5, 5.41) is 15.9. The van der Waals surface area contributed by atoms with Crippen LogP contribution in [0.25, 0.3) is 16.9 Å². The Morgan fingerprint density at radius 2 is 2.03 bits per heavy atom. The highest BCUT2D eigenvalue weighted by Crippen LogP contribution is 2.44. The fourth-order valence-electron chi connectivity index (χ4n) is 4.57. The Bertz CT molecular complexity index is 1290. The Morgan fingerprint density at radius 3 is 2.75 bits per heavy atom. The number of rotatable bonds is 4. The van der Waals surface area contributed by atoms with Gasteiger partial charge in [0.2, 0.25) is 0 Å². The number of ether oxygens (including phenoxy) is 1. The van der Waals surface area contributed by atoms with E-state index >= 15 is 0 Å². The van der Waals surface area contributed by atoms with Crippen LogP contribution in [0.4, 0.5) is 4.39 Å². The second kappa shape index (κ2) is 7.60. The molecule has 1 N–H and O–H groups in total. The van der Waals surface area contributed by atoms with Crippen LogP contribution in [0.15, 0.2) is 53.4 Å². The van der Waals surface area contributed by atoms with E-state index in [1.165, 1.54) is 12.1 Å². The minimum Gasteiger partial charge on any atom is -0.495 e. The second-order valence-corrected chi connectivity index (χ2v) is 8.38. The number of nitrogens with zero attached hydrogens (tertiary/aromatic N) is 3. The standard InChI is InChI=1S/C25H24FN3O3/c1-15-9-18(12-19(26)10-15)25(30)8-4-5-20-23(28-32-24(20)25)17-6-7-21(22(11-17)31-3)29-13-16(2)27-14-29/h6-7,9-14,30H,4-5,8H2,1-3H3. The minimum absolute atomic E-state index is 0.379. The van der Waals surface area contributed by atoms with Crippen LogP contribution >= 0.6 is 0 Å². The Hall–Kier alpha value is -3.45. The van der Waals surface area contributed by atoms with Gasteiger partial charge in [0.15, 0.2) is 11.4 Å². The third-order valence-corrected chi connectivity index (χ3v) is 6.09. The van der Waals surface area contributed by atoms with Gasteiger partial charge in [-0.25, -0.2) is 9.37 Å². The zero-order valence-electron chi connectivity index (χ0n) is 18.2. The van der Waals surface area contributed by atoms with Gasteiger partial charge in [0.1, 0.15) is 17.3 Å². The van der Waals surface area contributed by atoms with Crippen molar-refractivity contribution in [3.05, 3.63) is 82.9 Å². The summed E-state index contributed by atoms with van der Waals surface area (Å²) in [6.45, 7) is 3.74. The van der Waals surface area contributed by atoms with Crippen LogP contribution in [0.1, 0.15) is 41.0 Å². The average molecular weight is 433 g/mol. The quantitative estimate of drug-likeness (QED) is 0.497. The molecule has 1 aliphatic carbocycles. The van der Waals surface area contributed by atoms with Gasteiger partial charge in [0.05, 0.1) is 24.8 Å². The SMILES string of the molecule is COc1cc(-c2noc3c2CCCC3(O)c2cc(C)cc(F)c2)ccc1-n1cnc(C)c1. The van der Waals surface area contributed by atoms with E-state index < -0.39 is 5.60 Å². The zero-order chi connectivity index (χ0) is 22.5. The molecule has 0 fully saturated rings. The van der Waals surface area contributed by atoms with E-state index in [1.54, 1.807) is 26.4 Å². The highest BCUT2D eigenvalue weighted by atomic mass is 19.1. The third kappa shape index (κ3) is 3.29. The number of fused-ring (bicyclic) bond motifs is 1. The largest absolute Gasteiger partial charge is 0.495 e. The summed E-state index contributed by atoms with van der Waals surface area (Å²) in [6, 6.07) is 10.4. The molecule has 0 saturated heterocycles. The molecular weight excluding hydrogens is 409 g/mol. The molecule has 6 nitrogen and oxygen atoms in total. The molecule has 2 aromatic heterocycles. The van der Waals surface area contributed by atoms with E-state index in [9.17, 15) is 9.50 Å². The second-order valence-electron chi connectivity index (χ2n) is 8.38. The van der Waals surface area contributed by atoms with Crippen LogP contribution in [0.2, 0.25) is 0 Å². The van der Waals surface area contributed by atoms with Gasteiger partial charge < -0.3 is 18.9 Å². The number of aryl methyl sites for hydroxylation is 2. The molecule has 2 aromatic carbocycles. The maximum atomic E-state index is 14.1. The van der Waals surface area contributed by atoms with Gasteiger partial charge in [0.25, 0.3) is 0 Å². The first-order valence-electron chi connectivity index (χ1n) is 10.6. The van der Waals surface area contributed by atoms with Crippen molar-refractivity contribution in [3.8, 4) is 22.7 Å². The van der Waals surface area contributed by atoms with Crippen LogP contribution < -0.4 is 4.74 Å². The van der Waals surface area contributed by atoms with Crippen molar-refractivity contribution in [1.82, 2.24) is 14.7 Å². The van der Waals surface area contributed by atoms with Crippen LogP contribution in [-0.2, 0) is 12.0 Å². The number of hydrogen-bond donors (Lipinski definition) is 1. The van der Waals surface area contributed by atoms with Crippen LogP contribution in [0, 0.1) is 19.7 Å². The molecule has 0 amide bonds. The topological polar surface area (TPSA) is 73.3 Å². The Balaban J connectivity index is 1.59. The van der Waals surface area contributed by atoms with Crippen LogP contribution in [0.3, 0.4) is 0 Å². The number of hydrogen-bond acceptors (Lipinski definition) is 5. The molecule has 1 aliphatic rings. The molecule has 0 aliphatic heterocycles. The summed E-state index contributed by atoms with van der Waals surface area (Å²) in [5.74, 6) is 0.677. The molecular formula is C25H24FN3O3. The van der Waals surface area contributed by atoms with Gasteiger partial charge in [-0.3, -0.25) is 0 Å². The Morgan fingerprint density at radius 1 is 1.19 bits per heavy atom. The van der Waals surface area contributed by atoms with Crippen molar-refractivity contribution < 1.29 is 18.8 Å². The summed E-state index contributed by atoms with van der Waals surface area (Å²) < 4.78 is 27.3. The monoisotopic (exact) mass is 433 g/mol. The summed E-state index contributed by atoms with van der Waals surface area (Å²) in [5.41, 5.74) is 3.93. The van der Waals surface area contributed by atoms with Gasteiger partial charge >= 0.3 is 0 Å². The predicted octanol–water partition coefficient (Wildman–Crippen LogP) is 4.86. The summed E-state index contributed by atoms with van der Waals surface area (Å²) in [4.78, 5) is 4.28. The van der Waals surface area contributed by atoms with Crippen LogP contribution in [-0.4, -0.2) is 26.9 Å². The van der Waals surface area contributed by atoms with Crippen molar-refractivity contribution >= 4 is 0 Å². The average Bonchev–Trinajstić information content (AvgIpc) is 3.40. The van der Waals surface area contributed by atoms with E-state index in [0.29, 0.717) is 29.2 Å². The van der Waals surface area contributed by atoms with Gasteiger partial charge in [-0.1, -0.05) is 17.3 Å². The van der Waals surface area contributed by atoms with Gasteiger partial charge in [-0.15, -0.1) is 0 Å². The molecule has 0 saturated carbocycles. The highest BCUT2D eigenvalue weighted by Gasteiger charge is 2.42. The maximum absolute atomic E-state index is 14.1. The molecule has 2 heterocycles. The van der Waals surface area contributed by atoms with Crippen molar-refractivity contribution in [1.29, 1.82) is 0 Å². The summed E-state index contributed by atoms with van der Waals surface area (Å²) in [6.07, 6.45) is 5.56. The number of imidazole rings is 1. The molecule has 0 spiro atoms. The normalized spacial score (nSPS) is 17.9. The highest BCUT2D eigenvalue weighted by molar-refractivity contribution is 5.69. The first-order chi connectivity index (χ1) is 15.4. The molecule has 1 unspecified atom stereocenters. The van der Waals surface area contributed by atoms with Crippen molar-refractivity contribution in [2.45, 2.75) is 38.7 Å². The molecule has 5 rings (SSSR count). The number of benzene rings is 2. The van der Waals surface area contributed by atoms with E-state index in [4.69, 9.17) is 9.26 Å². The van der Waals surface area contributed by atoms with Crippen molar-refractivity contribution in [2.24, 2.45) is 0 Å². The Kier molecular flexibility index (Phi) is 4.86. The molecule has 164 valence electrons. The van der Waals surface area contributed by atoms with Gasteiger partial charge in [-0.05, 0) is 68.5 Å². The first-order valence-corrected chi connectivity index (χ1v) is 10.6. The fraction of sp³-hybridized carbons (Fsp3) is 0.280. The molecule has 0 bridgehead atoms. The van der Waals surface area contributed by atoms with Crippen molar-refractivity contribution in [3.63, 3.8) is 0 Å². The van der Waals surface area contributed by atoms with E-state index in [1.807, 2.05) is 35.9 Å². The lowest BCUT2D eigenvalue weighted by molar-refractivity contribution is 0.0319. The molecule has 7 heteroatoms. The Labute approximate surface area is 185 Å². The first kappa shape index (κ1) is 20.5. The molecule has 1 atom stereocenters. The van der Waals surface area contributed by atoms with E-state index in [2.05, 4.69) is 10.1 Å². The summed E-state index contributed by atoms with van der Waals surface area (Å²) in [7, 11) is 1.62. The third-order valence-electron chi connectivity index (χ3n) is 6.09. The number of methoxy groups -OCH3 is 1. The number of aliphatic hydroxyl groups is 1. The minimum atomic E-state index is -1.41. The van der Waals surface area contributed by atoms with E-state index in [-0.39, 0.29) is 5.82 Å². The van der Waals surface area contributed by atoms with Gasteiger partial charge in [0, 0.05) is 17.3 Å². The maximum Gasteiger partial charge on any atom is 0.176 e. The molecule has 4 aromatic rings. The number of aromatic nitrogens is 3. The smallest absolute Gasteiger partial charge is 0.176 e. The summed E-state index contributed by atoms with van der Waals surface area (Å²) >= 11 is 0. The lowest BCUT2D eigenvalue weighted by Gasteiger charge is -2.31. The number of halogens is 1.